The Morgan fingerprint density at radius 3 is 2.41 bits per heavy atom. The lowest BCUT2D eigenvalue weighted by Crippen LogP contribution is -2.38. The predicted octanol–water partition coefficient (Wildman–Crippen LogP) is 3.26. The summed E-state index contributed by atoms with van der Waals surface area (Å²) < 4.78 is 0. The molecule has 1 aromatic rings. The minimum Gasteiger partial charge on any atom is -0.353 e. The highest BCUT2D eigenvalue weighted by atomic mass is 35.5. The van der Waals surface area contributed by atoms with Crippen LogP contribution in [0, 0.1) is 5.92 Å². The van der Waals surface area contributed by atoms with Crippen molar-refractivity contribution in [2.24, 2.45) is 5.92 Å². The molecule has 1 aromatic carbocycles. The second kappa shape index (κ2) is 6.87. The minimum atomic E-state index is 0.0109. The number of carbonyl (C=O) groups is 1. The summed E-state index contributed by atoms with van der Waals surface area (Å²) in [6, 6.07) is 7.38. The summed E-state index contributed by atoms with van der Waals surface area (Å²) in [7, 11) is 0. The first-order chi connectivity index (χ1) is 8.02. The molecule has 4 heteroatoms. The average Bonchev–Trinajstić information content (AvgIpc) is 2.30. The van der Waals surface area contributed by atoms with Crippen LogP contribution in [0.1, 0.15) is 19.4 Å². The van der Waals surface area contributed by atoms with Gasteiger partial charge < -0.3 is 5.32 Å². The van der Waals surface area contributed by atoms with Crippen molar-refractivity contribution in [3.05, 3.63) is 34.9 Å². The van der Waals surface area contributed by atoms with E-state index in [-0.39, 0.29) is 17.9 Å². The zero-order chi connectivity index (χ0) is 12.8. The quantitative estimate of drug-likeness (QED) is 0.820. The fraction of sp³-hybridized carbons (Fsp3) is 0.462. The van der Waals surface area contributed by atoms with Crippen LogP contribution in [-0.4, -0.2) is 17.8 Å². The zero-order valence-corrected chi connectivity index (χ0v) is 11.6. The summed E-state index contributed by atoms with van der Waals surface area (Å²) in [4.78, 5) is 11.7. The van der Waals surface area contributed by atoms with Gasteiger partial charge in [-0.25, -0.2) is 0 Å². The molecule has 2 nitrogen and oxygen atoms in total. The van der Waals surface area contributed by atoms with Gasteiger partial charge in [-0.1, -0.05) is 30.7 Å². The third kappa shape index (κ3) is 4.97. The average molecular weight is 274 g/mol. The third-order valence-corrected chi connectivity index (χ3v) is 3.50. The van der Waals surface area contributed by atoms with Gasteiger partial charge in [0.15, 0.2) is 0 Å². The summed E-state index contributed by atoms with van der Waals surface area (Å²) in [5.74, 6) is 0.824. The van der Waals surface area contributed by atoms with Crippen LogP contribution in [0.15, 0.2) is 24.3 Å². The van der Waals surface area contributed by atoms with E-state index in [1.165, 1.54) is 0 Å². The van der Waals surface area contributed by atoms with Crippen LogP contribution < -0.4 is 5.32 Å². The number of hydrogen-bond acceptors (Lipinski definition) is 1. The van der Waals surface area contributed by atoms with Gasteiger partial charge in [0, 0.05) is 16.9 Å². The van der Waals surface area contributed by atoms with Crippen molar-refractivity contribution in [3.8, 4) is 0 Å². The first kappa shape index (κ1) is 14.3. The number of nitrogens with one attached hydrogen (secondary N) is 1. The molecule has 0 saturated heterocycles. The van der Waals surface area contributed by atoms with Gasteiger partial charge in [-0.15, -0.1) is 11.6 Å². The predicted molar refractivity (Wildman–Crippen MR) is 72.6 cm³/mol. The Morgan fingerprint density at radius 2 is 1.88 bits per heavy atom. The number of carbonyl (C=O) groups excluding carboxylic acids is 1. The largest absolute Gasteiger partial charge is 0.353 e. The summed E-state index contributed by atoms with van der Waals surface area (Å²) in [6.07, 6.45) is 0.372. The highest BCUT2D eigenvalue weighted by Crippen LogP contribution is 2.10. The molecule has 0 aliphatic heterocycles. The van der Waals surface area contributed by atoms with E-state index >= 15 is 0 Å². The van der Waals surface area contributed by atoms with E-state index in [4.69, 9.17) is 23.2 Å². The lowest BCUT2D eigenvalue weighted by atomic mass is 10.1. The van der Waals surface area contributed by atoms with Crippen LogP contribution in [0.2, 0.25) is 5.02 Å². The van der Waals surface area contributed by atoms with E-state index in [2.05, 4.69) is 5.32 Å². The monoisotopic (exact) mass is 273 g/mol. The van der Waals surface area contributed by atoms with Crippen molar-refractivity contribution >= 4 is 29.1 Å². The summed E-state index contributed by atoms with van der Waals surface area (Å²) in [5.41, 5.74) is 0.956. The van der Waals surface area contributed by atoms with E-state index in [0.717, 1.165) is 5.56 Å². The minimum absolute atomic E-state index is 0.0109. The topological polar surface area (TPSA) is 29.1 Å². The van der Waals surface area contributed by atoms with E-state index in [9.17, 15) is 4.79 Å². The molecule has 0 aliphatic rings. The zero-order valence-electron chi connectivity index (χ0n) is 10.0. The SMILES string of the molecule is CC(CCl)C(C)NC(=O)Cc1ccc(Cl)cc1. The fourth-order valence-electron chi connectivity index (χ4n) is 1.37. The molecule has 94 valence electrons. The Balaban J connectivity index is 2.47. The summed E-state index contributed by atoms with van der Waals surface area (Å²) in [5, 5.41) is 3.62. The number of benzene rings is 1. The van der Waals surface area contributed by atoms with E-state index in [1.54, 1.807) is 12.1 Å². The molecular formula is C13H17Cl2NO. The van der Waals surface area contributed by atoms with Crippen molar-refractivity contribution in [1.29, 1.82) is 0 Å². The van der Waals surface area contributed by atoms with Crippen LogP contribution in [0.5, 0.6) is 0 Å². The molecule has 0 aromatic heterocycles. The number of rotatable bonds is 5. The van der Waals surface area contributed by atoms with Gasteiger partial charge in [-0.3, -0.25) is 4.79 Å². The van der Waals surface area contributed by atoms with Crippen molar-refractivity contribution in [2.75, 3.05) is 5.88 Å². The van der Waals surface area contributed by atoms with Gasteiger partial charge in [0.2, 0.25) is 5.91 Å². The molecule has 2 unspecified atom stereocenters. The van der Waals surface area contributed by atoms with E-state index in [0.29, 0.717) is 17.3 Å². The van der Waals surface area contributed by atoms with Crippen LogP contribution >= 0.6 is 23.2 Å². The molecule has 2 atom stereocenters. The first-order valence-electron chi connectivity index (χ1n) is 5.62. The normalized spacial score (nSPS) is 14.1. The molecule has 0 spiro atoms. The van der Waals surface area contributed by atoms with Gasteiger partial charge in [0.1, 0.15) is 0 Å². The molecular weight excluding hydrogens is 257 g/mol. The Kier molecular flexibility index (Phi) is 5.79. The Morgan fingerprint density at radius 1 is 1.29 bits per heavy atom. The van der Waals surface area contributed by atoms with Gasteiger partial charge in [0.25, 0.3) is 0 Å². The van der Waals surface area contributed by atoms with Crippen LogP contribution in [0.25, 0.3) is 0 Å². The fourth-order valence-corrected chi connectivity index (χ4v) is 1.76. The van der Waals surface area contributed by atoms with Crippen molar-refractivity contribution in [3.63, 3.8) is 0 Å². The maximum atomic E-state index is 11.7. The Labute approximate surface area is 112 Å². The molecule has 17 heavy (non-hydrogen) atoms. The molecule has 0 saturated carbocycles. The molecule has 0 aliphatic carbocycles. The van der Waals surface area contributed by atoms with Gasteiger partial charge >= 0.3 is 0 Å². The lowest BCUT2D eigenvalue weighted by molar-refractivity contribution is -0.121. The van der Waals surface area contributed by atoms with Crippen LogP contribution in [-0.2, 0) is 11.2 Å². The van der Waals surface area contributed by atoms with Crippen LogP contribution in [0.4, 0.5) is 0 Å². The second-order valence-electron chi connectivity index (χ2n) is 4.29. The highest BCUT2D eigenvalue weighted by Gasteiger charge is 2.13. The van der Waals surface area contributed by atoms with Gasteiger partial charge in [0.05, 0.1) is 6.42 Å². The molecule has 0 heterocycles. The molecule has 1 rings (SSSR count). The Hall–Kier alpha value is -0.730. The third-order valence-electron chi connectivity index (χ3n) is 2.76. The molecule has 0 bridgehead atoms. The van der Waals surface area contributed by atoms with Crippen molar-refractivity contribution < 1.29 is 4.79 Å². The maximum Gasteiger partial charge on any atom is 0.224 e. The van der Waals surface area contributed by atoms with Gasteiger partial charge in [-0.05, 0) is 30.5 Å². The van der Waals surface area contributed by atoms with Crippen LogP contribution in [0.3, 0.4) is 0 Å². The molecule has 0 fully saturated rings. The smallest absolute Gasteiger partial charge is 0.224 e. The van der Waals surface area contributed by atoms with Crippen molar-refractivity contribution in [2.45, 2.75) is 26.3 Å². The molecule has 1 amide bonds. The second-order valence-corrected chi connectivity index (χ2v) is 5.04. The molecule has 0 radical (unpaired) electrons. The summed E-state index contributed by atoms with van der Waals surface area (Å²) >= 11 is 11.5. The number of hydrogen-bond donors (Lipinski definition) is 1. The van der Waals surface area contributed by atoms with E-state index < -0.39 is 0 Å². The number of amides is 1. The molecule has 1 N–H and O–H groups in total. The van der Waals surface area contributed by atoms with E-state index in [1.807, 2.05) is 26.0 Å². The van der Waals surface area contributed by atoms with Crippen molar-refractivity contribution in [1.82, 2.24) is 5.32 Å². The van der Waals surface area contributed by atoms with Gasteiger partial charge in [-0.2, -0.15) is 0 Å². The first-order valence-corrected chi connectivity index (χ1v) is 6.54. The lowest BCUT2D eigenvalue weighted by Gasteiger charge is -2.19. The number of alkyl halides is 1. The maximum absolute atomic E-state index is 11.7. The summed E-state index contributed by atoms with van der Waals surface area (Å²) in [6.45, 7) is 3.98. The Bertz CT molecular complexity index is 364. The standard InChI is InChI=1S/C13H17Cl2NO/c1-9(8-14)10(2)16-13(17)7-11-3-5-12(15)6-4-11/h3-6,9-10H,7-8H2,1-2H3,(H,16,17). The number of halogens is 2. The highest BCUT2D eigenvalue weighted by molar-refractivity contribution is 6.30.